The van der Waals surface area contributed by atoms with Crippen molar-refractivity contribution in [2.24, 2.45) is 5.73 Å². The van der Waals surface area contributed by atoms with Gasteiger partial charge in [0.05, 0.1) is 0 Å². The maximum atomic E-state index is 6.32. The van der Waals surface area contributed by atoms with Gasteiger partial charge in [0.25, 0.3) is 0 Å². The third-order valence-corrected chi connectivity index (χ3v) is 3.21. The molecule has 0 saturated carbocycles. The quantitative estimate of drug-likeness (QED) is 0.827. The molecule has 0 fully saturated rings. The van der Waals surface area contributed by atoms with E-state index in [1.165, 1.54) is 0 Å². The highest BCUT2D eigenvalue weighted by Gasteiger charge is 2.25. The molecule has 0 aromatic heterocycles. The number of rotatable bonds is 3. The van der Waals surface area contributed by atoms with Crippen LogP contribution < -0.4 is 15.2 Å². The summed E-state index contributed by atoms with van der Waals surface area (Å²) in [4.78, 5) is 0. The average Bonchev–Trinajstić information content (AvgIpc) is 2.74. The summed E-state index contributed by atoms with van der Waals surface area (Å²) in [6.45, 7) is 4.52. The summed E-state index contributed by atoms with van der Waals surface area (Å²) >= 11 is 0. The topological polar surface area (TPSA) is 44.5 Å². The zero-order valence-corrected chi connectivity index (χ0v) is 9.25. The number of ether oxygens (including phenoxy) is 2. The summed E-state index contributed by atoms with van der Waals surface area (Å²) in [5.74, 6) is 1.62. The zero-order valence-electron chi connectivity index (χ0n) is 9.25. The second-order valence-corrected chi connectivity index (χ2v) is 3.93. The van der Waals surface area contributed by atoms with Gasteiger partial charge >= 0.3 is 0 Å². The number of hydrogen-bond acceptors (Lipinski definition) is 3. The van der Waals surface area contributed by atoms with Gasteiger partial charge in [-0.05, 0) is 30.5 Å². The molecule has 3 heteroatoms. The van der Waals surface area contributed by atoms with E-state index >= 15 is 0 Å². The first kappa shape index (κ1) is 10.3. The minimum atomic E-state index is -0.249. The molecule has 0 radical (unpaired) electrons. The van der Waals surface area contributed by atoms with Crippen LogP contribution >= 0.6 is 0 Å². The van der Waals surface area contributed by atoms with Crippen molar-refractivity contribution in [1.29, 1.82) is 0 Å². The van der Waals surface area contributed by atoms with Gasteiger partial charge in [0.1, 0.15) is 0 Å². The highest BCUT2D eigenvalue weighted by atomic mass is 16.7. The molecule has 0 unspecified atom stereocenters. The zero-order chi connectivity index (χ0) is 10.9. The molecule has 0 saturated heterocycles. The Labute approximate surface area is 90.2 Å². The molecular weight excluding hydrogens is 190 g/mol. The first-order valence-corrected chi connectivity index (χ1v) is 5.38. The third kappa shape index (κ3) is 1.67. The predicted molar refractivity (Wildman–Crippen MR) is 59.0 cm³/mol. The molecular formula is C12H17NO2. The molecule has 1 aromatic rings. The van der Waals surface area contributed by atoms with Crippen LogP contribution in [0.4, 0.5) is 0 Å². The minimum absolute atomic E-state index is 0.249. The molecule has 0 atom stereocenters. The molecule has 2 rings (SSSR count). The highest BCUT2D eigenvalue weighted by Crippen LogP contribution is 2.36. The largest absolute Gasteiger partial charge is 0.454 e. The van der Waals surface area contributed by atoms with Gasteiger partial charge in [-0.1, -0.05) is 19.9 Å². The average molecular weight is 207 g/mol. The second kappa shape index (κ2) is 3.74. The van der Waals surface area contributed by atoms with Crippen molar-refractivity contribution < 1.29 is 9.47 Å². The molecule has 0 aliphatic carbocycles. The van der Waals surface area contributed by atoms with Crippen molar-refractivity contribution in [2.75, 3.05) is 6.79 Å². The fraction of sp³-hybridized carbons (Fsp3) is 0.500. The standard InChI is InChI=1S/C12H17NO2/c1-3-12(13,4-2)9-5-6-10-11(7-9)15-8-14-10/h5-7H,3-4,8,13H2,1-2H3. The van der Waals surface area contributed by atoms with Crippen LogP contribution in [-0.4, -0.2) is 6.79 Å². The van der Waals surface area contributed by atoms with Crippen LogP contribution in [-0.2, 0) is 5.54 Å². The van der Waals surface area contributed by atoms with Crippen molar-refractivity contribution in [2.45, 2.75) is 32.2 Å². The Hall–Kier alpha value is -1.22. The SMILES string of the molecule is CCC(N)(CC)c1ccc2c(c1)OCO2. The van der Waals surface area contributed by atoms with E-state index in [9.17, 15) is 0 Å². The van der Waals surface area contributed by atoms with E-state index in [0.29, 0.717) is 6.79 Å². The molecule has 1 heterocycles. The minimum Gasteiger partial charge on any atom is -0.454 e. The van der Waals surface area contributed by atoms with Crippen molar-refractivity contribution >= 4 is 0 Å². The monoisotopic (exact) mass is 207 g/mol. The van der Waals surface area contributed by atoms with Crippen LogP contribution in [0.2, 0.25) is 0 Å². The predicted octanol–water partition coefficient (Wildman–Crippen LogP) is 2.39. The maximum absolute atomic E-state index is 6.32. The van der Waals surface area contributed by atoms with Gasteiger partial charge < -0.3 is 15.2 Å². The molecule has 82 valence electrons. The Morgan fingerprint density at radius 3 is 2.53 bits per heavy atom. The van der Waals surface area contributed by atoms with E-state index < -0.39 is 0 Å². The van der Waals surface area contributed by atoms with E-state index in [0.717, 1.165) is 29.9 Å². The fourth-order valence-corrected chi connectivity index (χ4v) is 1.86. The van der Waals surface area contributed by atoms with E-state index in [2.05, 4.69) is 13.8 Å². The molecule has 3 nitrogen and oxygen atoms in total. The molecule has 1 aromatic carbocycles. The molecule has 0 amide bonds. The summed E-state index contributed by atoms with van der Waals surface area (Å²) in [5, 5.41) is 0. The summed E-state index contributed by atoms with van der Waals surface area (Å²) in [7, 11) is 0. The molecule has 0 bridgehead atoms. The summed E-state index contributed by atoms with van der Waals surface area (Å²) in [6, 6.07) is 5.96. The van der Waals surface area contributed by atoms with Crippen LogP contribution in [0.15, 0.2) is 18.2 Å². The van der Waals surface area contributed by atoms with Crippen LogP contribution in [0.1, 0.15) is 32.3 Å². The molecule has 0 spiro atoms. The lowest BCUT2D eigenvalue weighted by molar-refractivity contribution is 0.174. The number of nitrogens with two attached hydrogens (primary N) is 1. The Morgan fingerprint density at radius 2 is 1.87 bits per heavy atom. The summed E-state index contributed by atoms with van der Waals surface area (Å²) in [6.07, 6.45) is 1.84. The maximum Gasteiger partial charge on any atom is 0.231 e. The smallest absolute Gasteiger partial charge is 0.231 e. The second-order valence-electron chi connectivity index (χ2n) is 3.93. The lowest BCUT2D eigenvalue weighted by Crippen LogP contribution is -2.34. The Bertz CT molecular complexity index is 359. The van der Waals surface area contributed by atoms with Crippen molar-refractivity contribution in [1.82, 2.24) is 0 Å². The van der Waals surface area contributed by atoms with Crippen LogP contribution in [0.5, 0.6) is 11.5 Å². The lowest BCUT2D eigenvalue weighted by atomic mass is 9.86. The van der Waals surface area contributed by atoms with Gasteiger partial charge in [-0.2, -0.15) is 0 Å². The normalized spacial score (nSPS) is 14.3. The molecule has 1 aliphatic heterocycles. The fourth-order valence-electron chi connectivity index (χ4n) is 1.86. The van der Waals surface area contributed by atoms with E-state index in [1.807, 2.05) is 18.2 Å². The van der Waals surface area contributed by atoms with Crippen LogP contribution in [0.3, 0.4) is 0 Å². The summed E-state index contributed by atoms with van der Waals surface area (Å²) in [5.41, 5.74) is 7.19. The molecule has 2 N–H and O–H groups in total. The lowest BCUT2D eigenvalue weighted by Gasteiger charge is -2.27. The Morgan fingerprint density at radius 1 is 1.20 bits per heavy atom. The van der Waals surface area contributed by atoms with Crippen molar-refractivity contribution in [3.63, 3.8) is 0 Å². The number of fused-ring (bicyclic) bond motifs is 1. The van der Waals surface area contributed by atoms with E-state index in [1.54, 1.807) is 0 Å². The van der Waals surface area contributed by atoms with Gasteiger partial charge in [-0.25, -0.2) is 0 Å². The molecule has 1 aliphatic rings. The van der Waals surface area contributed by atoms with Gasteiger partial charge in [0.2, 0.25) is 6.79 Å². The van der Waals surface area contributed by atoms with Crippen LogP contribution in [0, 0.1) is 0 Å². The van der Waals surface area contributed by atoms with E-state index in [4.69, 9.17) is 15.2 Å². The van der Waals surface area contributed by atoms with Crippen molar-refractivity contribution in [3.05, 3.63) is 23.8 Å². The third-order valence-electron chi connectivity index (χ3n) is 3.21. The van der Waals surface area contributed by atoms with E-state index in [-0.39, 0.29) is 5.54 Å². The number of benzene rings is 1. The number of hydrogen-bond donors (Lipinski definition) is 1. The van der Waals surface area contributed by atoms with Gasteiger partial charge in [0, 0.05) is 5.54 Å². The Kier molecular flexibility index (Phi) is 2.57. The Balaban J connectivity index is 2.37. The highest BCUT2D eigenvalue weighted by molar-refractivity contribution is 5.46. The summed E-state index contributed by atoms with van der Waals surface area (Å²) < 4.78 is 10.6. The van der Waals surface area contributed by atoms with Crippen LogP contribution in [0.25, 0.3) is 0 Å². The van der Waals surface area contributed by atoms with Gasteiger partial charge in [-0.15, -0.1) is 0 Å². The first-order chi connectivity index (χ1) is 7.19. The van der Waals surface area contributed by atoms with Gasteiger partial charge in [0.15, 0.2) is 11.5 Å². The first-order valence-electron chi connectivity index (χ1n) is 5.38. The van der Waals surface area contributed by atoms with Gasteiger partial charge in [-0.3, -0.25) is 0 Å². The molecule has 15 heavy (non-hydrogen) atoms. The van der Waals surface area contributed by atoms with Crippen molar-refractivity contribution in [3.8, 4) is 11.5 Å².